The second-order valence-corrected chi connectivity index (χ2v) is 8.28. The first-order valence-electron chi connectivity index (χ1n) is 5.26. The first-order valence-corrected chi connectivity index (χ1v) is 8.56. The van der Waals surface area contributed by atoms with E-state index < -0.39 is 25.4 Å². The number of aromatic hydroxyl groups is 1. The van der Waals surface area contributed by atoms with Crippen molar-refractivity contribution in [1.29, 1.82) is 0 Å². The first-order chi connectivity index (χ1) is 8.28. The Morgan fingerprint density at radius 3 is 2.50 bits per heavy atom. The Hall–Kier alpha value is -1.34. The molecule has 0 amide bonds. The average molecular weight is 288 g/mol. The summed E-state index contributed by atoms with van der Waals surface area (Å²) in [6.45, 7) is 1.46. The highest BCUT2D eigenvalue weighted by Crippen LogP contribution is 2.38. The van der Waals surface area contributed by atoms with Gasteiger partial charge in [-0.15, -0.1) is 0 Å². The van der Waals surface area contributed by atoms with E-state index in [1.807, 2.05) is 0 Å². The first kappa shape index (κ1) is 13.1. The monoisotopic (exact) mass is 288 g/mol. The zero-order valence-electron chi connectivity index (χ0n) is 9.62. The minimum absolute atomic E-state index is 0.123. The Labute approximate surface area is 106 Å². The number of sulfone groups is 2. The lowest BCUT2D eigenvalue weighted by Gasteiger charge is -2.05. The summed E-state index contributed by atoms with van der Waals surface area (Å²) in [5.74, 6) is -1.00. The van der Waals surface area contributed by atoms with E-state index in [1.54, 1.807) is 0 Å². The van der Waals surface area contributed by atoms with E-state index in [-0.39, 0.29) is 21.3 Å². The van der Waals surface area contributed by atoms with E-state index in [2.05, 4.69) is 0 Å². The molecule has 2 rings (SSSR count). The van der Waals surface area contributed by atoms with Crippen LogP contribution >= 0.6 is 0 Å². The van der Waals surface area contributed by atoms with Crippen LogP contribution in [-0.4, -0.2) is 33.4 Å². The summed E-state index contributed by atoms with van der Waals surface area (Å²) in [5.41, 5.74) is 0.330. The topological polar surface area (TPSA) is 88.5 Å². The molecular weight excluding hydrogens is 276 g/mol. The van der Waals surface area contributed by atoms with Crippen LogP contribution in [0.1, 0.15) is 12.5 Å². The zero-order valence-corrected chi connectivity index (χ0v) is 11.3. The van der Waals surface area contributed by atoms with Crippen LogP contribution in [0.3, 0.4) is 0 Å². The summed E-state index contributed by atoms with van der Waals surface area (Å²) in [4.78, 5) is -0.382. The van der Waals surface area contributed by atoms with Gasteiger partial charge in [0, 0.05) is 5.75 Å². The molecule has 1 aliphatic heterocycles. The number of hydrogen-bond donors (Lipinski definition) is 1. The molecule has 0 saturated carbocycles. The lowest BCUT2D eigenvalue weighted by atomic mass is 10.2. The van der Waals surface area contributed by atoms with Crippen LogP contribution in [0.2, 0.25) is 0 Å². The van der Waals surface area contributed by atoms with Gasteiger partial charge < -0.3 is 5.11 Å². The normalized spacial score (nSPS) is 17.3. The molecular formula is C11H12O5S2. The van der Waals surface area contributed by atoms with Crippen molar-refractivity contribution in [2.24, 2.45) is 0 Å². The van der Waals surface area contributed by atoms with Gasteiger partial charge >= 0.3 is 0 Å². The average Bonchev–Trinajstić information content (AvgIpc) is 2.51. The van der Waals surface area contributed by atoms with E-state index in [0.717, 1.165) is 0 Å². The third-order valence-electron chi connectivity index (χ3n) is 2.76. The van der Waals surface area contributed by atoms with Gasteiger partial charge in [0.2, 0.25) is 9.84 Å². The third kappa shape index (κ3) is 2.04. The summed E-state index contributed by atoms with van der Waals surface area (Å²) in [6, 6.07) is 4.30. The van der Waals surface area contributed by atoms with Crippen LogP contribution < -0.4 is 0 Å². The van der Waals surface area contributed by atoms with E-state index in [0.29, 0.717) is 5.56 Å². The minimum Gasteiger partial charge on any atom is -0.507 e. The third-order valence-corrected chi connectivity index (χ3v) is 6.51. The maximum Gasteiger partial charge on any atom is 0.208 e. The van der Waals surface area contributed by atoms with Gasteiger partial charge in [0.1, 0.15) is 10.6 Å². The predicted octanol–water partition coefficient (Wildman–Crippen LogP) is 0.955. The molecule has 1 aliphatic rings. The van der Waals surface area contributed by atoms with Gasteiger partial charge in [0.25, 0.3) is 0 Å². The quantitative estimate of drug-likeness (QED) is 0.894. The zero-order chi connectivity index (χ0) is 13.6. The van der Waals surface area contributed by atoms with Crippen LogP contribution in [0, 0.1) is 0 Å². The highest BCUT2D eigenvalue weighted by molar-refractivity contribution is 7.98. The Morgan fingerprint density at radius 2 is 1.94 bits per heavy atom. The van der Waals surface area contributed by atoms with Crippen molar-refractivity contribution in [3.63, 3.8) is 0 Å². The van der Waals surface area contributed by atoms with Crippen LogP contribution in [0.5, 0.6) is 5.75 Å². The SMILES string of the molecule is CCS(=O)(=O)CC1=Cc2cccc(O)c2S1(=O)=O. The summed E-state index contributed by atoms with van der Waals surface area (Å²) in [7, 11) is -7.32. The van der Waals surface area contributed by atoms with Gasteiger partial charge in [-0.25, -0.2) is 16.8 Å². The molecule has 1 heterocycles. The van der Waals surface area contributed by atoms with Crippen LogP contribution in [0.15, 0.2) is 28.0 Å². The second-order valence-electron chi connectivity index (χ2n) is 3.99. The van der Waals surface area contributed by atoms with Crippen molar-refractivity contribution in [3.8, 4) is 5.75 Å². The lowest BCUT2D eigenvalue weighted by Crippen LogP contribution is -2.14. The van der Waals surface area contributed by atoms with Gasteiger partial charge in [-0.3, -0.25) is 0 Å². The fourth-order valence-corrected chi connectivity index (χ4v) is 4.97. The van der Waals surface area contributed by atoms with Crippen molar-refractivity contribution >= 4 is 25.8 Å². The Balaban J connectivity index is 2.55. The Morgan fingerprint density at radius 1 is 1.28 bits per heavy atom. The number of phenols is 1. The van der Waals surface area contributed by atoms with Gasteiger partial charge in [-0.1, -0.05) is 19.1 Å². The highest BCUT2D eigenvalue weighted by atomic mass is 32.2. The van der Waals surface area contributed by atoms with Gasteiger partial charge in [0.05, 0.1) is 10.7 Å². The van der Waals surface area contributed by atoms with Gasteiger partial charge in [-0.05, 0) is 17.7 Å². The number of fused-ring (bicyclic) bond motifs is 1. The molecule has 1 aromatic rings. The van der Waals surface area contributed by atoms with Gasteiger partial charge in [-0.2, -0.15) is 0 Å². The second kappa shape index (κ2) is 4.10. The highest BCUT2D eigenvalue weighted by Gasteiger charge is 2.34. The van der Waals surface area contributed by atoms with Crippen LogP contribution in [0.25, 0.3) is 6.08 Å². The predicted molar refractivity (Wildman–Crippen MR) is 67.6 cm³/mol. The molecule has 7 heteroatoms. The van der Waals surface area contributed by atoms with E-state index >= 15 is 0 Å². The van der Waals surface area contributed by atoms with Crippen molar-refractivity contribution < 1.29 is 21.9 Å². The van der Waals surface area contributed by atoms with Crippen molar-refractivity contribution in [3.05, 3.63) is 28.7 Å². The number of rotatable bonds is 3. The molecule has 5 nitrogen and oxygen atoms in total. The smallest absolute Gasteiger partial charge is 0.208 e. The molecule has 0 spiro atoms. The van der Waals surface area contributed by atoms with Crippen molar-refractivity contribution in [2.45, 2.75) is 11.8 Å². The summed E-state index contributed by atoms with van der Waals surface area (Å²) in [6.07, 6.45) is 1.30. The number of benzene rings is 1. The fraction of sp³-hybridized carbons (Fsp3) is 0.273. The molecule has 18 heavy (non-hydrogen) atoms. The Bertz CT molecular complexity index is 727. The number of phenolic OH excluding ortho intramolecular Hbond substituents is 1. The summed E-state index contributed by atoms with van der Waals surface area (Å²) < 4.78 is 47.2. The van der Waals surface area contributed by atoms with Crippen LogP contribution in [0.4, 0.5) is 0 Å². The van der Waals surface area contributed by atoms with Gasteiger partial charge in [0.15, 0.2) is 9.84 Å². The summed E-state index contributed by atoms with van der Waals surface area (Å²) >= 11 is 0. The van der Waals surface area contributed by atoms with Crippen LogP contribution in [-0.2, 0) is 19.7 Å². The largest absolute Gasteiger partial charge is 0.507 e. The standard InChI is InChI=1S/C11H12O5S2/c1-2-17(13,14)7-9-6-8-4-3-5-10(12)11(8)18(9,15)16/h3-6,12H,2,7H2,1H3. The fourth-order valence-electron chi connectivity index (χ4n) is 1.77. The minimum atomic E-state index is -3.89. The lowest BCUT2D eigenvalue weighted by molar-refractivity contribution is 0.459. The van der Waals surface area contributed by atoms with E-state index in [9.17, 15) is 21.9 Å². The maximum atomic E-state index is 12.1. The van der Waals surface area contributed by atoms with Crippen molar-refractivity contribution in [2.75, 3.05) is 11.5 Å². The molecule has 0 atom stereocenters. The molecule has 0 aromatic heterocycles. The molecule has 0 saturated heterocycles. The maximum absolute atomic E-state index is 12.1. The molecule has 1 aromatic carbocycles. The molecule has 0 fully saturated rings. The molecule has 1 N–H and O–H groups in total. The number of hydrogen-bond acceptors (Lipinski definition) is 5. The van der Waals surface area contributed by atoms with Crippen molar-refractivity contribution in [1.82, 2.24) is 0 Å². The Kier molecular flexibility index (Phi) is 2.98. The molecule has 0 unspecified atom stereocenters. The molecule has 0 bridgehead atoms. The summed E-state index contributed by atoms with van der Waals surface area (Å²) in [5, 5.41) is 9.58. The van der Waals surface area contributed by atoms with E-state index in [4.69, 9.17) is 0 Å². The molecule has 0 radical (unpaired) electrons. The molecule has 0 aliphatic carbocycles. The molecule has 98 valence electrons. The van der Waals surface area contributed by atoms with E-state index in [1.165, 1.54) is 31.2 Å².